The number of fused-ring (bicyclic) bond motifs is 1. The Morgan fingerprint density at radius 3 is 2.55 bits per heavy atom. The standard InChI is InChI=1S/C24H30N8O6/c1-3-12(2)20(27-21(34)14-9-15(14)24(37)38)23(36)26-11-19(33)32-16-7-5-4-6-13(16)8-17(32)22(35)25-10-18-28-30-31-29-18/h4-7,12,14-15,17,20H,3,8-11H2,1-2H3,(H,25,35)(H,26,36)(H,27,34)(H,37,38)(H,28,29,30,31)/t12?,14-,15-,17-,20?/m0/s1. The van der Waals surface area contributed by atoms with E-state index < -0.39 is 60.1 Å². The molecule has 0 spiro atoms. The van der Waals surface area contributed by atoms with Crippen LogP contribution < -0.4 is 20.9 Å². The van der Waals surface area contributed by atoms with E-state index in [9.17, 15) is 24.0 Å². The molecule has 5 atom stereocenters. The van der Waals surface area contributed by atoms with Gasteiger partial charge < -0.3 is 21.1 Å². The van der Waals surface area contributed by atoms with Gasteiger partial charge >= 0.3 is 5.97 Å². The average Bonchev–Trinajstić information content (AvgIpc) is 3.37. The molecular weight excluding hydrogens is 496 g/mol. The van der Waals surface area contributed by atoms with Gasteiger partial charge in [-0.25, -0.2) is 0 Å². The van der Waals surface area contributed by atoms with Crippen LogP contribution in [0.15, 0.2) is 24.3 Å². The zero-order valence-electron chi connectivity index (χ0n) is 21.0. The number of nitrogens with zero attached hydrogens (tertiary/aromatic N) is 4. The molecule has 0 saturated heterocycles. The fourth-order valence-electron chi connectivity index (χ4n) is 4.52. The van der Waals surface area contributed by atoms with Crippen LogP contribution in [0.5, 0.6) is 0 Å². The van der Waals surface area contributed by atoms with Gasteiger partial charge in [-0.15, -0.1) is 10.2 Å². The van der Waals surface area contributed by atoms with E-state index in [1.54, 1.807) is 19.1 Å². The maximum atomic E-state index is 13.3. The second-order valence-electron chi connectivity index (χ2n) is 9.53. The first kappa shape index (κ1) is 26.7. The van der Waals surface area contributed by atoms with Gasteiger partial charge in [-0.2, -0.15) is 5.21 Å². The van der Waals surface area contributed by atoms with Crippen molar-refractivity contribution in [2.24, 2.45) is 17.8 Å². The van der Waals surface area contributed by atoms with Crippen molar-refractivity contribution < 1.29 is 29.1 Å². The minimum Gasteiger partial charge on any atom is -0.481 e. The van der Waals surface area contributed by atoms with E-state index in [1.165, 1.54) is 4.90 Å². The van der Waals surface area contributed by atoms with Gasteiger partial charge in [-0.1, -0.05) is 43.7 Å². The number of carbonyl (C=O) groups excluding carboxylic acids is 4. The Morgan fingerprint density at radius 1 is 1.13 bits per heavy atom. The SMILES string of the molecule is CCC(C)C(NC(=O)[C@H]1C[C@@H]1C(=O)O)C(=O)NCC(=O)N1c2ccccc2C[C@H]1C(=O)NCc1nn[nH]n1. The van der Waals surface area contributed by atoms with E-state index >= 15 is 0 Å². The number of aliphatic carboxylic acids is 1. The number of amides is 4. The van der Waals surface area contributed by atoms with Crippen LogP contribution in [0.1, 0.15) is 38.1 Å². The lowest BCUT2D eigenvalue weighted by atomic mass is 9.98. The Kier molecular flexibility index (Phi) is 7.98. The number of carboxylic acid groups (broad SMARTS) is 1. The van der Waals surface area contributed by atoms with Crippen molar-refractivity contribution in [3.63, 3.8) is 0 Å². The van der Waals surface area contributed by atoms with E-state index in [2.05, 4.69) is 36.6 Å². The third-order valence-corrected chi connectivity index (χ3v) is 7.01. The van der Waals surface area contributed by atoms with Crippen LogP contribution >= 0.6 is 0 Å². The van der Waals surface area contributed by atoms with E-state index in [-0.39, 0.29) is 24.7 Å². The highest BCUT2D eigenvalue weighted by atomic mass is 16.4. The fourth-order valence-corrected chi connectivity index (χ4v) is 4.52. The highest BCUT2D eigenvalue weighted by Crippen LogP contribution is 2.39. The van der Waals surface area contributed by atoms with Crippen molar-refractivity contribution in [3.05, 3.63) is 35.7 Å². The number of tetrazole rings is 1. The summed E-state index contributed by atoms with van der Waals surface area (Å²) in [4.78, 5) is 64.3. The number of hydrogen-bond donors (Lipinski definition) is 5. The third-order valence-electron chi connectivity index (χ3n) is 7.01. The lowest BCUT2D eigenvalue weighted by molar-refractivity contribution is -0.140. The maximum absolute atomic E-state index is 13.3. The first-order valence-corrected chi connectivity index (χ1v) is 12.4. The van der Waals surface area contributed by atoms with Crippen LogP contribution in [-0.2, 0) is 36.9 Å². The van der Waals surface area contributed by atoms with E-state index in [0.717, 1.165) is 5.56 Å². The van der Waals surface area contributed by atoms with Gasteiger partial charge in [0.05, 0.1) is 24.9 Å². The van der Waals surface area contributed by atoms with Gasteiger partial charge in [0.15, 0.2) is 5.82 Å². The third kappa shape index (κ3) is 5.79. The normalized spacial score (nSPS) is 21.1. The van der Waals surface area contributed by atoms with Gasteiger partial charge in [-0.3, -0.25) is 28.9 Å². The summed E-state index contributed by atoms with van der Waals surface area (Å²) in [6.07, 6.45) is 1.10. The molecule has 4 rings (SSSR count). The molecule has 0 radical (unpaired) electrons. The van der Waals surface area contributed by atoms with Crippen molar-refractivity contribution in [1.82, 2.24) is 36.6 Å². The summed E-state index contributed by atoms with van der Waals surface area (Å²) in [5.74, 6) is -4.36. The molecule has 2 aromatic rings. The van der Waals surface area contributed by atoms with Crippen LogP contribution in [0.25, 0.3) is 0 Å². The molecule has 2 heterocycles. The molecule has 1 fully saturated rings. The number of nitrogens with one attached hydrogen (secondary N) is 4. The Hall–Kier alpha value is -4.36. The van der Waals surface area contributed by atoms with Crippen LogP contribution in [0.2, 0.25) is 0 Å². The second kappa shape index (κ2) is 11.4. The number of H-pyrrole nitrogens is 1. The minimum atomic E-state index is -1.04. The lowest BCUT2D eigenvalue weighted by Crippen LogP contribution is -2.54. The molecule has 0 bridgehead atoms. The molecule has 1 aliphatic heterocycles. The van der Waals surface area contributed by atoms with Crippen LogP contribution in [0, 0.1) is 17.8 Å². The predicted molar refractivity (Wildman–Crippen MR) is 131 cm³/mol. The smallest absolute Gasteiger partial charge is 0.307 e. The predicted octanol–water partition coefficient (Wildman–Crippen LogP) is -0.858. The highest BCUT2D eigenvalue weighted by Gasteiger charge is 2.49. The number of hydrogen-bond acceptors (Lipinski definition) is 8. The zero-order valence-corrected chi connectivity index (χ0v) is 21.0. The average molecular weight is 527 g/mol. The molecule has 202 valence electrons. The van der Waals surface area contributed by atoms with Gasteiger partial charge in [0.1, 0.15) is 12.1 Å². The van der Waals surface area contributed by atoms with Crippen molar-refractivity contribution in [1.29, 1.82) is 0 Å². The number of rotatable bonds is 11. The number of para-hydroxylation sites is 1. The molecule has 1 saturated carbocycles. The van der Waals surface area contributed by atoms with Crippen molar-refractivity contribution in [2.45, 2.75) is 51.7 Å². The summed E-state index contributed by atoms with van der Waals surface area (Å²) in [6, 6.07) is 5.37. The van der Waals surface area contributed by atoms with Crippen molar-refractivity contribution in [3.8, 4) is 0 Å². The molecule has 4 amide bonds. The van der Waals surface area contributed by atoms with Gasteiger partial charge in [0, 0.05) is 12.1 Å². The number of carboxylic acids is 1. The highest BCUT2D eigenvalue weighted by molar-refractivity contribution is 6.05. The van der Waals surface area contributed by atoms with E-state index in [4.69, 9.17) is 5.11 Å². The summed E-state index contributed by atoms with van der Waals surface area (Å²) in [6.45, 7) is 3.28. The first-order chi connectivity index (χ1) is 18.2. The summed E-state index contributed by atoms with van der Waals surface area (Å²) in [5, 5.41) is 30.4. The Labute approximate surface area is 217 Å². The summed E-state index contributed by atoms with van der Waals surface area (Å²) >= 11 is 0. The fraction of sp³-hybridized carbons (Fsp3) is 0.500. The Bertz CT molecular complexity index is 1220. The van der Waals surface area contributed by atoms with Gasteiger partial charge in [0.2, 0.25) is 23.6 Å². The van der Waals surface area contributed by atoms with Gasteiger partial charge in [-0.05, 0) is 24.0 Å². The molecule has 2 unspecified atom stereocenters. The molecule has 5 N–H and O–H groups in total. The minimum absolute atomic E-state index is 0.0287. The number of aromatic amines is 1. The molecule has 1 aliphatic carbocycles. The summed E-state index contributed by atoms with van der Waals surface area (Å²) in [7, 11) is 0. The number of carbonyl (C=O) groups is 5. The molecule has 14 nitrogen and oxygen atoms in total. The Morgan fingerprint density at radius 2 is 1.89 bits per heavy atom. The second-order valence-corrected chi connectivity index (χ2v) is 9.53. The number of aromatic nitrogens is 4. The quantitative estimate of drug-likeness (QED) is 0.247. The van der Waals surface area contributed by atoms with Crippen LogP contribution in [0.3, 0.4) is 0 Å². The maximum Gasteiger partial charge on any atom is 0.307 e. The van der Waals surface area contributed by atoms with E-state index in [1.807, 2.05) is 19.1 Å². The van der Waals surface area contributed by atoms with E-state index in [0.29, 0.717) is 18.5 Å². The van der Waals surface area contributed by atoms with Crippen molar-refractivity contribution in [2.75, 3.05) is 11.4 Å². The largest absolute Gasteiger partial charge is 0.481 e. The van der Waals surface area contributed by atoms with Crippen LogP contribution in [-0.4, -0.2) is 74.0 Å². The first-order valence-electron chi connectivity index (χ1n) is 12.4. The van der Waals surface area contributed by atoms with Crippen molar-refractivity contribution >= 4 is 35.3 Å². The number of benzene rings is 1. The number of anilines is 1. The molecule has 1 aromatic carbocycles. The molecule has 14 heteroatoms. The molecule has 38 heavy (non-hydrogen) atoms. The molecular formula is C24H30N8O6. The molecule has 2 aliphatic rings. The summed E-state index contributed by atoms with van der Waals surface area (Å²) < 4.78 is 0. The van der Waals surface area contributed by atoms with Gasteiger partial charge in [0.25, 0.3) is 0 Å². The van der Waals surface area contributed by atoms with Crippen LogP contribution in [0.4, 0.5) is 5.69 Å². The Balaban J connectivity index is 1.41. The molecule has 1 aromatic heterocycles. The topological polar surface area (TPSA) is 199 Å². The monoisotopic (exact) mass is 526 g/mol. The zero-order chi connectivity index (χ0) is 27.4. The lowest BCUT2D eigenvalue weighted by Gasteiger charge is -2.27. The summed E-state index contributed by atoms with van der Waals surface area (Å²) in [5.41, 5.74) is 1.39.